The van der Waals surface area contributed by atoms with Crippen LogP contribution in [0.4, 0.5) is 4.79 Å². The van der Waals surface area contributed by atoms with Crippen LogP contribution < -0.4 is 4.74 Å². The zero-order chi connectivity index (χ0) is 18.0. The highest BCUT2D eigenvalue weighted by Crippen LogP contribution is 2.33. The monoisotopic (exact) mass is 399 g/mol. The van der Waals surface area contributed by atoms with Gasteiger partial charge in [0.05, 0.1) is 4.47 Å². The Morgan fingerprint density at radius 3 is 2.29 bits per heavy atom. The summed E-state index contributed by atoms with van der Waals surface area (Å²) in [5.41, 5.74) is -1.92. The van der Waals surface area contributed by atoms with Crippen molar-refractivity contribution in [3.63, 3.8) is 0 Å². The molecule has 24 heavy (non-hydrogen) atoms. The Morgan fingerprint density at radius 2 is 1.79 bits per heavy atom. The van der Waals surface area contributed by atoms with E-state index >= 15 is 0 Å². The fraction of sp³-hybridized carbons (Fsp3) is 0.529. The lowest BCUT2D eigenvalue weighted by Crippen LogP contribution is -2.54. The normalized spacial score (nSPS) is 17.2. The van der Waals surface area contributed by atoms with Crippen LogP contribution in [-0.4, -0.2) is 46.4 Å². The first-order valence-corrected chi connectivity index (χ1v) is 8.57. The van der Waals surface area contributed by atoms with E-state index in [0.717, 1.165) is 0 Å². The van der Waals surface area contributed by atoms with E-state index in [-0.39, 0.29) is 25.9 Å². The molecule has 0 aromatic heterocycles. The van der Waals surface area contributed by atoms with Crippen LogP contribution >= 0.6 is 15.9 Å². The molecule has 1 aromatic rings. The Morgan fingerprint density at radius 1 is 1.21 bits per heavy atom. The zero-order valence-corrected chi connectivity index (χ0v) is 15.6. The molecule has 1 aromatic carbocycles. The van der Waals surface area contributed by atoms with Gasteiger partial charge in [0.2, 0.25) is 5.60 Å². The molecule has 1 heterocycles. The molecule has 2 rings (SSSR count). The number of aliphatic carboxylic acids is 1. The molecule has 132 valence electrons. The third-order valence-electron chi connectivity index (χ3n) is 3.75. The molecule has 0 atom stereocenters. The first-order valence-electron chi connectivity index (χ1n) is 7.78. The number of carboxylic acid groups (broad SMARTS) is 1. The Balaban J connectivity index is 2.08. The van der Waals surface area contributed by atoms with E-state index in [1.807, 2.05) is 6.07 Å². The molecule has 1 aliphatic heterocycles. The van der Waals surface area contributed by atoms with E-state index in [1.54, 1.807) is 39.0 Å². The quantitative estimate of drug-likeness (QED) is 0.838. The number of carbonyl (C=O) groups excluding carboxylic acids is 1. The number of carbonyl (C=O) groups is 2. The summed E-state index contributed by atoms with van der Waals surface area (Å²) in [6.45, 7) is 5.93. The molecule has 0 unspecified atom stereocenters. The van der Waals surface area contributed by atoms with Crippen molar-refractivity contribution < 1.29 is 24.2 Å². The van der Waals surface area contributed by atoms with Crippen molar-refractivity contribution >= 4 is 28.0 Å². The minimum Gasteiger partial charge on any atom is -0.478 e. The highest BCUT2D eigenvalue weighted by Gasteiger charge is 2.45. The van der Waals surface area contributed by atoms with Crippen LogP contribution in [0, 0.1) is 0 Å². The van der Waals surface area contributed by atoms with Crippen LogP contribution in [-0.2, 0) is 9.53 Å². The summed E-state index contributed by atoms with van der Waals surface area (Å²) in [7, 11) is 0. The zero-order valence-electron chi connectivity index (χ0n) is 14.0. The second kappa shape index (κ2) is 7.01. The molecule has 0 saturated carbocycles. The van der Waals surface area contributed by atoms with Gasteiger partial charge in [0, 0.05) is 25.9 Å². The van der Waals surface area contributed by atoms with Gasteiger partial charge in [-0.05, 0) is 48.8 Å². The van der Waals surface area contributed by atoms with Crippen LogP contribution in [0.3, 0.4) is 0 Å². The van der Waals surface area contributed by atoms with Crippen LogP contribution in [0.2, 0.25) is 0 Å². The second-order valence-corrected chi connectivity index (χ2v) is 7.65. The van der Waals surface area contributed by atoms with Gasteiger partial charge in [-0.1, -0.05) is 12.1 Å². The van der Waals surface area contributed by atoms with E-state index in [2.05, 4.69) is 15.9 Å². The van der Waals surface area contributed by atoms with Crippen LogP contribution in [0.5, 0.6) is 5.75 Å². The van der Waals surface area contributed by atoms with Crippen molar-refractivity contribution in [2.45, 2.75) is 44.8 Å². The topological polar surface area (TPSA) is 76.1 Å². The summed E-state index contributed by atoms with van der Waals surface area (Å²) >= 11 is 3.36. The third kappa shape index (κ3) is 4.41. The molecule has 0 radical (unpaired) electrons. The van der Waals surface area contributed by atoms with Crippen molar-refractivity contribution in [2.24, 2.45) is 0 Å². The maximum atomic E-state index is 12.1. The molecule has 0 aliphatic carbocycles. The third-order valence-corrected chi connectivity index (χ3v) is 4.41. The number of nitrogens with zero attached hydrogens (tertiary/aromatic N) is 1. The molecular formula is C17H22BrNO5. The summed E-state index contributed by atoms with van der Waals surface area (Å²) < 4.78 is 11.9. The van der Waals surface area contributed by atoms with Crippen LogP contribution in [0.1, 0.15) is 33.6 Å². The lowest BCUT2D eigenvalue weighted by atomic mass is 9.91. The Kier molecular flexibility index (Phi) is 5.42. The van der Waals surface area contributed by atoms with Gasteiger partial charge >= 0.3 is 12.1 Å². The van der Waals surface area contributed by atoms with E-state index in [4.69, 9.17) is 9.47 Å². The van der Waals surface area contributed by atoms with Gasteiger partial charge in [-0.25, -0.2) is 9.59 Å². The number of hydrogen-bond acceptors (Lipinski definition) is 4. The molecule has 1 amide bonds. The number of para-hydroxylation sites is 1. The average Bonchev–Trinajstić information content (AvgIpc) is 2.48. The number of piperidine rings is 1. The maximum Gasteiger partial charge on any atom is 0.410 e. The molecule has 0 spiro atoms. The number of halogens is 1. The van der Waals surface area contributed by atoms with E-state index in [0.29, 0.717) is 10.2 Å². The minimum absolute atomic E-state index is 0.197. The van der Waals surface area contributed by atoms with Crippen molar-refractivity contribution in [1.29, 1.82) is 0 Å². The summed E-state index contributed by atoms with van der Waals surface area (Å²) in [6.07, 6.45) is -0.0337. The Labute approximate surface area is 149 Å². The Bertz CT molecular complexity index is 618. The van der Waals surface area contributed by atoms with E-state index in [1.165, 1.54) is 4.90 Å². The summed E-state index contributed by atoms with van der Waals surface area (Å²) in [4.78, 5) is 25.5. The van der Waals surface area contributed by atoms with Crippen molar-refractivity contribution in [1.82, 2.24) is 4.90 Å². The lowest BCUT2D eigenvalue weighted by Gasteiger charge is -2.39. The molecule has 1 aliphatic rings. The van der Waals surface area contributed by atoms with Crippen molar-refractivity contribution in [2.75, 3.05) is 13.1 Å². The fourth-order valence-corrected chi connectivity index (χ4v) is 2.84. The van der Waals surface area contributed by atoms with Gasteiger partial charge < -0.3 is 19.5 Å². The smallest absolute Gasteiger partial charge is 0.410 e. The minimum atomic E-state index is -1.34. The largest absolute Gasteiger partial charge is 0.478 e. The molecule has 0 bridgehead atoms. The fourth-order valence-electron chi connectivity index (χ4n) is 2.47. The summed E-state index contributed by atoms with van der Waals surface area (Å²) in [5.74, 6) is -0.548. The highest BCUT2D eigenvalue weighted by molar-refractivity contribution is 9.10. The second-order valence-electron chi connectivity index (χ2n) is 6.80. The number of ether oxygens (including phenoxy) is 2. The van der Waals surface area contributed by atoms with Crippen molar-refractivity contribution in [3.05, 3.63) is 28.7 Å². The standard InChI is InChI=1S/C17H22BrNO5/c1-16(2,3)24-15(22)19-10-8-17(9-11-19,14(20)21)23-13-7-5-4-6-12(13)18/h4-7H,8-11H2,1-3H3,(H,20,21). The van der Waals surface area contributed by atoms with Gasteiger partial charge in [-0.3, -0.25) is 0 Å². The summed E-state index contributed by atoms with van der Waals surface area (Å²) in [5, 5.41) is 9.68. The SMILES string of the molecule is CC(C)(C)OC(=O)N1CCC(Oc2ccccc2Br)(C(=O)O)CC1. The first kappa shape index (κ1) is 18.6. The molecule has 1 fully saturated rings. The number of hydrogen-bond donors (Lipinski definition) is 1. The van der Waals surface area contributed by atoms with E-state index < -0.39 is 23.3 Å². The molecule has 1 saturated heterocycles. The Hall–Kier alpha value is -1.76. The molecule has 7 heteroatoms. The number of likely N-dealkylation sites (tertiary alicyclic amines) is 1. The summed E-state index contributed by atoms with van der Waals surface area (Å²) in [6, 6.07) is 7.12. The first-order chi connectivity index (χ1) is 11.1. The van der Waals surface area contributed by atoms with Gasteiger partial charge in [-0.15, -0.1) is 0 Å². The van der Waals surface area contributed by atoms with E-state index in [9.17, 15) is 14.7 Å². The predicted octanol–water partition coefficient (Wildman–Crippen LogP) is 3.68. The number of rotatable bonds is 3. The molecular weight excluding hydrogens is 378 g/mol. The number of amides is 1. The van der Waals surface area contributed by atoms with Gasteiger partial charge in [-0.2, -0.15) is 0 Å². The van der Waals surface area contributed by atoms with Gasteiger partial charge in [0.1, 0.15) is 11.4 Å². The predicted molar refractivity (Wildman–Crippen MR) is 92.2 cm³/mol. The molecule has 6 nitrogen and oxygen atoms in total. The van der Waals surface area contributed by atoms with Crippen molar-refractivity contribution in [3.8, 4) is 5.75 Å². The molecule has 1 N–H and O–H groups in total. The lowest BCUT2D eigenvalue weighted by molar-refractivity contribution is -0.159. The average molecular weight is 400 g/mol. The van der Waals surface area contributed by atoms with Crippen LogP contribution in [0.15, 0.2) is 28.7 Å². The highest BCUT2D eigenvalue weighted by atomic mass is 79.9. The number of carboxylic acids is 1. The van der Waals surface area contributed by atoms with Gasteiger partial charge in [0.15, 0.2) is 0 Å². The number of benzene rings is 1. The van der Waals surface area contributed by atoms with Gasteiger partial charge in [0.25, 0.3) is 0 Å². The maximum absolute atomic E-state index is 12.1. The van der Waals surface area contributed by atoms with Crippen LogP contribution in [0.25, 0.3) is 0 Å².